The smallest absolute Gasteiger partial charge is 0.275 e. The van der Waals surface area contributed by atoms with E-state index in [0.29, 0.717) is 17.2 Å². The Hall–Kier alpha value is -1.78. The molecule has 19 heavy (non-hydrogen) atoms. The molecule has 1 aliphatic carbocycles. The van der Waals surface area contributed by atoms with Crippen LogP contribution in [0.25, 0.3) is 0 Å². The highest BCUT2D eigenvalue weighted by Crippen LogP contribution is 2.36. The Kier molecular flexibility index (Phi) is 3.93. The Bertz CT molecular complexity index is 468. The second-order valence-corrected chi connectivity index (χ2v) is 5.17. The van der Waals surface area contributed by atoms with Crippen molar-refractivity contribution < 1.29 is 14.3 Å². The summed E-state index contributed by atoms with van der Waals surface area (Å²) in [7, 11) is 3.38. The van der Waals surface area contributed by atoms with Gasteiger partial charge in [0.25, 0.3) is 5.91 Å². The van der Waals surface area contributed by atoms with E-state index in [1.165, 1.54) is 4.90 Å². The quantitative estimate of drug-likeness (QED) is 0.817. The fraction of sp³-hybridized carbons (Fsp3) is 0.571. The van der Waals surface area contributed by atoms with Gasteiger partial charge >= 0.3 is 0 Å². The highest BCUT2D eigenvalue weighted by molar-refractivity contribution is 5.95. The van der Waals surface area contributed by atoms with Gasteiger partial charge < -0.3 is 14.4 Å². The predicted octanol–water partition coefficient (Wildman–Crippen LogP) is 2.11. The van der Waals surface area contributed by atoms with Crippen LogP contribution >= 0.6 is 0 Å². The third-order valence-electron chi connectivity index (χ3n) is 2.65. The number of hydrogen-bond donors (Lipinski definition) is 0. The molecule has 1 fully saturated rings. The van der Waals surface area contributed by atoms with Crippen molar-refractivity contribution >= 4 is 5.91 Å². The van der Waals surface area contributed by atoms with Crippen LogP contribution in [0, 0.1) is 0 Å². The van der Waals surface area contributed by atoms with Gasteiger partial charge in [0.05, 0.1) is 12.2 Å². The molecule has 0 bridgehead atoms. The van der Waals surface area contributed by atoms with E-state index in [9.17, 15) is 4.79 Å². The lowest BCUT2D eigenvalue weighted by Gasteiger charge is -2.18. The van der Waals surface area contributed by atoms with Gasteiger partial charge in [-0.25, -0.2) is 4.98 Å². The van der Waals surface area contributed by atoms with Crippen LogP contribution in [0.3, 0.4) is 0 Å². The molecule has 0 atom stereocenters. The second-order valence-electron chi connectivity index (χ2n) is 5.17. The normalized spacial score (nSPS) is 14.4. The van der Waals surface area contributed by atoms with Gasteiger partial charge in [0.2, 0.25) is 0 Å². The van der Waals surface area contributed by atoms with Crippen LogP contribution in [-0.2, 0) is 0 Å². The van der Waals surface area contributed by atoms with E-state index in [4.69, 9.17) is 9.47 Å². The summed E-state index contributed by atoms with van der Waals surface area (Å²) >= 11 is 0. The number of hydrogen-bond acceptors (Lipinski definition) is 4. The van der Waals surface area contributed by atoms with Gasteiger partial charge in [-0.3, -0.25) is 4.79 Å². The zero-order chi connectivity index (χ0) is 14.0. The molecule has 5 nitrogen and oxygen atoms in total. The lowest BCUT2D eigenvalue weighted by Crippen LogP contribution is -2.24. The van der Waals surface area contributed by atoms with E-state index >= 15 is 0 Å². The summed E-state index contributed by atoms with van der Waals surface area (Å²) in [6, 6.07) is 1.75. The third-order valence-corrected chi connectivity index (χ3v) is 2.65. The zero-order valence-corrected chi connectivity index (χ0v) is 11.8. The summed E-state index contributed by atoms with van der Waals surface area (Å²) in [4.78, 5) is 17.8. The van der Waals surface area contributed by atoms with Gasteiger partial charge in [-0.05, 0) is 26.7 Å². The molecule has 5 heteroatoms. The first-order valence-corrected chi connectivity index (χ1v) is 6.53. The molecule has 1 aliphatic rings. The molecule has 1 amide bonds. The topological polar surface area (TPSA) is 51.7 Å². The van der Waals surface area contributed by atoms with Gasteiger partial charge in [0, 0.05) is 26.4 Å². The standard InChI is InChI=1S/C14H20N2O3/c1-9(2)18-13-11(19-10-5-6-10)7-8-15-12(13)14(17)16(3)4/h7-10H,5-6H2,1-4H3. The average molecular weight is 264 g/mol. The van der Waals surface area contributed by atoms with Gasteiger partial charge in [0.15, 0.2) is 17.2 Å². The van der Waals surface area contributed by atoms with Crippen LogP contribution in [0.4, 0.5) is 0 Å². The summed E-state index contributed by atoms with van der Waals surface area (Å²) in [5.41, 5.74) is 0.303. The van der Waals surface area contributed by atoms with E-state index in [1.54, 1.807) is 26.4 Å². The van der Waals surface area contributed by atoms with Gasteiger partial charge in [-0.15, -0.1) is 0 Å². The van der Waals surface area contributed by atoms with E-state index in [-0.39, 0.29) is 18.1 Å². The SMILES string of the molecule is CC(C)Oc1c(OC2CC2)ccnc1C(=O)N(C)C. The van der Waals surface area contributed by atoms with E-state index in [1.807, 2.05) is 13.8 Å². The zero-order valence-electron chi connectivity index (χ0n) is 11.8. The molecule has 1 aromatic rings. The first-order chi connectivity index (χ1) is 8.99. The number of ether oxygens (including phenoxy) is 2. The first-order valence-electron chi connectivity index (χ1n) is 6.53. The molecule has 0 saturated heterocycles. The number of rotatable bonds is 5. The average Bonchev–Trinajstić information content (AvgIpc) is 3.13. The van der Waals surface area contributed by atoms with E-state index in [2.05, 4.69) is 4.98 Å². The molecule has 1 saturated carbocycles. The highest BCUT2D eigenvalue weighted by Gasteiger charge is 2.28. The maximum absolute atomic E-state index is 12.1. The molecule has 0 radical (unpaired) electrons. The molecular formula is C14H20N2O3. The largest absolute Gasteiger partial charge is 0.486 e. The molecule has 2 rings (SSSR count). The van der Waals surface area contributed by atoms with Crippen molar-refractivity contribution in [2.45, 2.75) is 38.9 Å². The fourth-order valence-electron chi connectivity index (χ4n) is 1.60. The first kappa shape index (κ1) is 13.6. The third kappa shape index (κ3) is 3.36. The predicted molar refractivity (Wildman–Crippen MR) is 71.7 cm³/mol. The van der Waals surface area contributed by atoms with Crippen molar-refractivity contribution in [3.05, 3.63) is 18.0 Å². The van der Waals surface area contributed by atoms with Crippen LogP contribution in [-0.4, -0.2) is 42.1 Å². The van der Waals surface area contributed by atoms with Gasteiger partial charge in [-0.1, -0.05) is 0 Å². The van der Waals surface area contributed by atoms with Crippen molar-refractivity contribution in [2.24, 2.45) is 0 Å². The lowest BCUT2D eigenvalue weighted by atomic mass is 10.2. The van der Waals surface area contributed by atoms with Crippen molar-refractivity contribution in [3.8, 4) is 11.5 Å². The van der Waals surface area contributed by atoms with Crippen molar-refractivity contribution in [2.75, 3.05) is 14.1 Å². The minimum Gasteiger partial charge on any atom is -0.486 e. The number of nitrogens with zero attached hydrogens (tertiary/aromatic N) is 2. The summed E-state index contributed by atoms with van der Waals surface area (Å²) in [6.07, 6.45) is 3.90. The van der Waals surface area contributed by atoms with Crippen molar-refractivity contribution in [1.82, 2.24) is 9.88 Å². The number of carbonyl (C=O) groups is 1. The van der Waals surface area contributed by atoms with Crippen molar-refractivity contribution in [3.63, 3.8) is 0 Å². The van der Waals surface area contributed by atoms with Gasteiger partial charge in [-0.2, -0.15) is 0 Å². The van der Waals surface area contributed by atoms with Crippen LogP contribution < -0.4 is 9.47 Å². The van der Waals surface area contributed by atoms with Crippen LogP contribution in [0.1, 0.15) is 37.2 Å². The molecule has 0 aromatic carbocycles. The van der Waals surface area contributed by atoms with Gasteiger partial charge in [0.1, 0.15) is 0 Å². The number of aromatic nitrogens is 1. The van der Waals surface area contributed by atoms with Crippen LogP contribution in [0.2, 0.25) is 0 Å². The van der Waals surface area contributed by atoms with Crippen LogP contribution in [0.5, 0.6) is 11.5 Å². The number of carbonyl (C=O) groups excluding carboxylic acids is 1. The Balaban J connectivity index is 2.36. The molecule has 0 spiro atoms. The van der Waals surface area contributed by atoms with Crippen molar-refractivity contribution in [1.29, 1.82) is 0 Å². The monoisotopic (exact) mass is 264 g/mol. The highest BCUT2D eigenvalue weighted by atomic mass is 16.5. The minimum absolute atomic E-state index is 0.0422. The Morgan fingerprint density at radius 3 is 2.63 bits per heavy atom. The number of amides is 1. The molecule has 104 valence electrons. The van der Waals surface area contributed by atoms with E-state index < -0.39 is 0 Å². The molecule has 1 aromatic heterocycles. The van der Waals surface area contributed by atoms with Crippen LogP contribution in [0.15, 0.2) is 12.3 Å². The Labute approximate surface area is 113 Å². The maximum atomic E-state index is 12.1. The Morgan fingerprint density at radius 2 is 2.11 bits per heavy atom. The molecule has 0 unspecified atom stereocenters. The minimum atomic E-state index is -0.183. The summed E-state index contributed by atoms with van der Waals surface area (Å²) in [6.45, 7) is 3.83. The summed E-state index contributed by atoms with van der Waals surface area (Å²) in [5.74, 6) is 0.872. The second kappa shape index (κ2) is 5.47. The fourth-order valence-corrected chi connectivity index (χ4v) is 1.60. The van der Waals surface area contributed by atoms with E-state index in [0.717, 1.165) is 12.8 Å². The molecule has 0 aliphatic heterocycles. The molecule has 0 N–H and O–H groups in total. The summed E-state index contributed by atoms with van der Waals surface area (Å²) in [5, 5.41) is 0. The maximum Gasteiger partial charge on any atom is 0.275 e. The Morgan fingerprint density at radius 1 is 1.42 bits per heavy atom. The summed E-state index contributed by atoms with van der Waals surface area (Å²) < 4.78 is 11.5. The molecule has 1 heterocycles. The molecular weight excluding hydrogens is 244 g/mol. The lowest BCUT2D eigenvalue weighted by molar-refractivity contribution is 0.0813. The number of pyridine rings is 1.